The van der Waals surface area contributed by atoms with Crippen molar-refractivity contribution in [3.8, 4) is 0 Å². The number of anilines is 1. The van der Waals surface area contributed by atoms with Crippen LogP contribution in [0.25, 0.3) is 0 Å². The number of rotatable bonds is 5. The summed E-state index contributed by atoms with van der Waals surface area (Å²) in [6, 6.07) is 12.2. The first-order valence-electron chi connectivity index (χ1n) is 9.63. The lowest BCUT2D eigenvalue weighted by molar-refractivity contribution is -0.124. The number of carbonyl (C=O) groups is 1. The second kappa shape index (κ2) is 7.85. The maximum Gasteiger partial charge on any atom is 0.240 e. The molecule has 1 saturated carbocycles. The standard InChI is InChI=1S/C21H23ClN2O3S/c22-19-9-2-1-5-17(19)14-23-28(26,27)18-10-11-20-16(13-18)8-4-12-24(20)21(25)15-6-3-7-15/h1-2,5,9-11,13,15,23H,3-4,6-8,12,14H2. The first-order valence-corrected chi connectivity index (χ1v) is 11.5. The monoisotopic (exact) mass is 418 g/mol. The molecule has 2 aromatic rings. The molecule has 1 N–H and O–H groups in total. The SMILES string of the molecule is O=C(C1CCC1)N1CCCc2cc(S(=O)(=O)NCc3ccccc3Cl)ccc21. The molecule has 0 radical (unpaired) electrons. The molecule has 1 heterocycles. The molecule has 28 heavy (non-hydrogen) atoms. The Morgan fingerprint density at radius 1 is 1.14 bits per heavy atom. The minimum Gasteiger partial charge on any atom is -0.312 e. The van der Waals surface area contributed by atoms with Crippen LogP contribution in [0, 0.1) is 5.92 Å². The quantitative estimate of drug-likeness (QED) is 0.800. The summed E-state index contributed by atoms with van der Waals surface area (Å²) < 4.78 is 28.1. The van der Waals surface area contributed by atoms with Gasteiger partial charge >= 0.3 is 0 Å². The van der Waals surface area contributed by atoms with Crippen molar-refractivity contribution < 1.29 is 13.2 Å². The van der Waals surface area contributed by atoms with E-state index in [1.165, 1.54) is 0 Å². The Morgan fingerprint density at radius 2 is 1.93 bits per heavy atom. The fraction of sp³-hybridized carbons (Fsp3) is 0.381. The van der Waals surface area contributed by atoms with Gasteiger partial charge in [0.2, 0.25) is 15.9 Å². The number of aryl methyl sites for hydroxylation is 1. The third-order valence-electron chi connectivity index (χ3n) is 5.61. The molecule has 0 aromatic heterocycles. The second-order valence-electron chi connectivity index (χ2n) is 7.43. The van der Waals surface area contributed by atoms with Crippen LogP contribution >= 0.6 is 11.6 Å². The van der Waals surface area contributed by atoms with Crippen molar-refractivity contribution in [2.45, 2.75) is 43.5 Å². The van der Waals surface area contributed by atoms with Crippen LogP contribution in [0.5, 0.6) is 0 Å². The lowest BCUT2D eigenvalue weighted by Crippen LogP contribution is -2.41. The largest absolute Gasteiger partial charge is 0.312 e. The summed E-state index contributed by atoms with van der Waals surface area (Å²) in [5, 5.41) is 0.529. The minimum atomic E-state index is -3.67. The van der Waals surface area contributed by atoms with Gasteiger partial charge in [0, 0.05) is 29.7 Å². The zero-order chi connectivity index (χ0) is 19.7. The maximum absolute atomic E-state index is 12.7. The molecule has 1 aliphatic heterocycles. The first kappa shape index (κ1) is 19.4. The van der Waals surface area contributed by atoms with Gasteiger partial charge in [-0.3, -0.25) is 4.79 Å². The van der Waals surface area contributed by atoms with E-state index >= 15 is 0 Å². The summed E-state index contributed by atoms with van der Waals surface area (Å²) in [4.78, 5) is 14.8. The van der Waals surface area contributed by atoms with E-state index in [9.17, 15) is 13.2 Å². The van der Waals surface area contributed by atoms with Crippen LogP contribution in [0.2, 0.25) is 5.02 Å². The molecule has 0 saturated heterocycles. The van der Waals surface area contributed by atoms with Crippen LogP contribution in [0.15, 0.2) is 47.4 Å². The van der Waals surface area contributed by atoms with Gasteiger partial charge in [0.05, 0.1) is 4.90 Å². The first-order chi connectivity index (χ1) is 13.5. The number of fused-ring (bicyclic) bond motifs is 1. The Balaban J connectivity index is 1.54. The average molecular weight is 419 g/mol. The van der Waals surface area contributed by atoms with E-state index in [-0.39, 0.29) is 23.3 Å². The van der Waals surface area contributed by atoms with E-state index in [4.69, 9.17) is 11.6 Å². The molecule has 0 spiro atoms. The van der Waals surface area contributed by atoms with Gasteiger partial charge in [-0.2, -0.15) is 0 Å². The summed E-state index contributed by atoms with van der Waals surface area (Å²) in [6.45, 7) is 0.838. The summed E-state index contributed by atoms with van der Waals surface area (Å²) in [6.07, 6.45) is 4.66. The lowest BCUT2D eigenvalue weighted by Gasteiger charge is -2.35. The van der Waals surface area contributed by atoms with Crippen LogP contribution in [-0.4, -0.2) is 20.9 Å². The Morgan fingerprint density at radius 3 is 2.64 bits per heavy atom. The molecule has 0 atom stereocenters. The van der Waals surface area contributed by atoms with Crippen molar-refractivity contribution in [2.75, 3.05) is 11.4 Å². The molecule has 1 aliphatic carbocycles. The summed E-state index contributed by atoms with van der Waals surface area (Å²) in [5.74, 6) is 0.311. The highest BCUT2D eigenvalue weighted by atomic mass is 35.5. The van der Waals surface area contributed by atoms with E-state index in [0.717, 1.165) is 48.9 Å². The van der Waals surface area contributed by atoms with Crippen molar-refractivity contribution in [2.24, 2.45) is 5.92 Å². The molecule has 1 amide bonds. The summed E-state index contributed by atoms with van der Waals surface area (Å²) in [7, 11) is -3.67. The number of sulfonamides is 1. The molecule has 0 unspecified atom stereocenters. The molecule has 0 bridgehead atoms. The Labute approximate surface area is 170 Å². The Hall–Kier alpha value is -1.89. The number of amides is 1. The fourth-order valence-electron chi connectivity index (χ4n) is 3.74. The zero-order valence-electron chi connectivity index (χ0n) is 15.5. The lowest BCUT2D eigenvalue weighted by atomic mass is 9.83. The number of nitrogens with one attached hydrogen (secondary N) is 1. The van der Waals surface area contributed by atoms with E-state index in [2.05, 4.69) is 4.72 Å². The van der Waals surface area contributed by atoms with Crippen molar-refractivity contribution in [1.82, 2.24) is 4.72 Å². The highest BCUT2D eigenvalue weighted by molar-refractivity contribution is 7.89. The van der Waals surface area contributed by atoms with Gasteiger partial charge in [0.1, 0.15) is 0 Å². The normalized spacial score (nSPS) is 17.1. The number of benzene rings is 2. The van der Waals surface area contributed by atoms with Crippen LogP contribution in [0.1, 0.15) is 36.8 Å². The molecule has 4 rings (SSSR count). The molecule has 148 valence electrons. The number of hydrogen-bond acceptors (Lipinski definition) is 3. The Bertz CT molecular complexity index is 1000. The zero-order valence-corrected chi connectivity index (χ0v) is 17.1. The summed E-state index contributed by atoms with van der Waals surface area (Å²) >= 11 is 6.11. The topological polar surface area (TPSA) is 66.5 Å². The molecule has 2 aliphatic rings. The van der Waals surface area contributed by atoms with Crippen molar-refractivity contribution in [3.05, 3.63) is 58.6 Å². The van der Waals surface area contributed by atoms with E-state index in [1.807, 2.05) is 11.0 Å². The third-order valence-corrected chi connectivity index (χ3v) is 7.38. The number of nitrogens with zero attached hydrogens (tertiary/aromatic N) is 1. The molecule has 5 nitrogen and oxygen atoms in total. The van der Waals surface area contributed by atoms with Crippen molar-refractivity contribution in [1.29, 1.82) is 0 Å². The smallest absolute Gasteiger partial charge is 0.240 e. The number of hydrogen-bond donors (Lipinski definition) is 1. The predicted octanol–water partition coefficient (Wildman–Crippen LogP) is 3.90. The van der Waals surface area contributed by atoms with E-state index in [1.54, 1.807) is 36.4 Å². The molecule has 7 heteroatoms. The van der Waals surface area contributed by atoms with Crippen LogP contribution in [0.3, 0.4) is 0 Å². The number of halogens is 1. The van der Waals surface area contributed by atoms with Crippen LogP contribution in [-0.2, 0) is 27.8 Å². The van der Waals surface area contributed by atoms with Gasteiger partial charge in [-0.15, -0.1) is 0 Å². The minimum absolute atomic E-state index is 0.130. The van der Waals surface area contributed by atoms with Gasteiger partial charge in [0.25, 0.3) is 0 Å². The average Bonchev–Trinajstić information content (AvgIpc) is 2.65. The third kappa shape index (κ3) is 3.81. The van der Waals surface area contributed by atoms with Crippen molar-refractivity contribution >= 4 is 33.2 Å². The van der Waals surface area contributed by atoms with Gasteiger partial charge in [0.15, 0.2) is 0 Å². The van der Waals surface area contributed by atoms with Gasteiger partial charge in [-0.1, -0.05) is 36.2 Å². The highest BCUT2D eigenvalue weighted by Crippen LogP contribution is 2.35. The highest BCUT2D eigenvalue weighted by Gasteiger charge is 2.32. The molecular weight excluding hydrogens is 396 g/mol. The molecule has 2 aromatic carbocycles. The van der Waals surface area contributed by atoms with E-state index < -0.39 is 10.0 Å². The summed E-state index contributed by atoms with van der Waals surface area (Å²) in [5.41, 5.74) is 2.50. The maximum atomic E-state index is 12.7. The fourth-order valence-corrected chi connectivity index (χ4v) is 5.00. The molecular formula is C21H23ClN2O3S. The van der Waals surface area contributed by atoms with Gasteiger partial charge in [-0.05, 0) is 61.1 Å². The van der Waals surface area contributed by atoms with Gasteiger partial charge < -0.3 is 4.90 Å². The van der Waals surface area contributed by atoms with E-state index in [0.29, 0.717) is 11.6 Å². The Kier molecular flexibility index (Phi) is 5.45. The molecule has 1 fully saturated rings. The van der Waals surface area contributed by atoms with Crippen molar-refractivity contribution in [3.63, 3.8) is 0 Å². The van der Waals surface area contributed by atoms with Crippen LogP contribution in [0.4, 0.5) is 5.69 Å². The number of carbonyl (C=O) groups excluding carboxylic acids is 1. The predicted molar refractivity (Wildman–Crippen MR) is 110 cm³/mol. The second-order valence-corrected chi connectivity index (χ2v) is 9.60. The van der Waals surface area contributed by atoms with Crippen LogP contribution < -0.4 is 9.62 Å². The van der Waals surface area contributed by atoms with Gasteiger partial charge in [-0.25, -0.2) is 13.1 Å².